The Bertz CT molecular complexity index is 924. The summed E-state index contributed by atoms with van der Waals surface area (Å²) in [7, 11) is 8.34. The van der Waals surface area contributed by atoms with Crippen LogP contribution in [0.25, 0.3) is 0 Å². The number of carbonyl (C=O) groups is 1. The molecule has 2 unspecified atom stereocenters. The van der Waals surface area contributed by atoms with E-state index < -0.39 is 0 Å². The molecule has 0 aliphatic carbocycles. The van der Waals surface area contributed by atoms with Crippen molar-refractivity contribution in [2.75, 3.05) is 78.9 Å². The number of hydrogen-bond donors (Lipinski definition) is 2. The van der Waals surface area contributed by atoms with Crippen LogP contribution in [-0.4, -0.2) is 105 Å². The summed E-state index contributed by atoms with van der Waals surface area (Å²) in [4.78, 5) is 23.6. The second kappa shape index (κ2) is 13.1. The zero-order valence-corrected chi connectivity index (χ0v) is 23.9. The minimum absolute atomic E-state index is 0.0860. The molecular formula is C31H48N6O. The van der Waals surface area contributed by atoms with E-state index in [0.29, 0.717) is 17.6 Å². The number of benzene rings is 2. The molecule has 4 N–H and O–H groups in total. The number of nitrogens with zero attached hydrogens (tertiary/aromatic N) is 4. The summed E-state index contributed by atoms with van der Waals surface area (Å²) in [5, 5.41) is 0. The molecule has 7 nitrogen and oxygen atoms in total. The van der Waals surface area contributed by atoms with Gasteiger partial charge in [-0.2, -0.15) is 0 Å². The van der Waals surface area contributed by atoms with E-state index in [1.807, 2.05) is 24.3 Å². The van der Waals surface area contributed by atoms with Crippen molar-refractivity contribution in [3.63, 3.8) is 0 Å². The fourth-order valence-electron chi connectivity index (χ4n) is 6.31. The van der Waals surface area contributed by atoms with Crippen LogP contribution < -0.4 is 11.5 Å². The van der Waals surface area contributed by atoms with E-state index >= 15 is 0 Å². The van der Waals surface area contributed by atoms with Crippen LogP contribution in [0.5, 0.6) is 0 Å². The van der Waals surface area contributed by atoms with E-state index in [4.69, 9.17) is 11.5 Å². The van der Waals surface area contributed by atoms with Crippen molar-refractivity contribution < 1.29 is 4.79 Å². The molecule has 0 bridgehead atoms. The average molecular weight is 521 g/mol. The van der Waals surface area contributed by atoms with Gasteiger partial charge in [0.2, 0.25) is 0 Å². The zero-order chi connectivity index (χ0) is 27.2. The van der Waals surface area contributed by atoms with Gasteiger partial charge in [-0.3, -0.25) is 14.6 Å². The highest BCUT2D eigenvalue weighted by Gasteiger charge is 2.38. The number of likely N-dealkylation sites (N-methyl/N-ethyl adjacent to an activating group) is 2. The smallest absolute Gasteiger partial charge is 0.169 e. The maximum Gasteiger partial charge on any atom is 0.169 e. The van der Waals surface area contributed by atoms with E-state index in [-0.39, 0.29) is 12.1 Å². The van der Waals surface area contributed by atoms with Crippen LogP contribution >= 0.6 is 0 Å². The number of nitrogens with two attached hydrogens (primary N) is 2. The van der Waals surface area contributed by atoms with E-state index in [1.54, 1.807) is 0 Å². The zero-order valence-electron chi connectivity index (χ0n) is 23.9. The Labute approximate surface area is 229 Å². The van der Waals surface area contributed by atoms with E-state index in [1.165, 1.54) is 11.1 Å². The molecule has 2 aliphatic heterocycles. The molecule has 0 aromatic heterocycles. The van der Waals surface area contributed by atoms with Crippen molar-refractivity contribution in [1.29, 1.82) is 0 Å². The predicted molar refractivity (Wildman–Crippen MR) is 158 cm³/mol. The predicted octanol–water partition coefficient (Wildman–Crippen LogP) is 3.34. The lowest BCUT2D eigenvalue weighted by atomic mass is 9.86. The Morgan fingerprint density at radius 3 is 1.29 bits per heavy atom. The molecule has 4 rings (SSSR count). The number of anilines is 2. The van der Waals surface area contributed by atoms with Gasteiger partial charge in [-0.1, -0.05) is 24.3 Å². The van der Waals surface area contributed by atoms with Gasteiger partial charge in [0.05, 0.1) is 12.1 Å². The first-order valence-electron chi connectivity index (χ1n) is 14.2. The molecule has 38 heavy (non-hydrogen) atoms. The Kier molecular flexibility index (Phi) is 9.82. The first-order chi connectivity index (χ1) is 18.2. The second-order valence-corrected chi connectivity index (χ2v) is 11.9. The van der Waals surface area contributed by atoms with E-state index in [0.717, 1.165) is 76.3 Å². The van der Waals surface area contributed by atoms with Crippen LogP contribution in [0, 0.1) is 0 Å². The first-order valence-corrected chi connectivity index (χ1v) is 14.2. The minimum atomic E-state index is -0.0860. The van der Waals surface area contributed by atoms with Gasteiger partial charge in [0.25, 0.3) is 0 Å². The van der Waals surface area contributed by atoms with Crippen LogP contribution in [0.1, 0.15) is 48.6 Å². The molecule has 2 saturated heterocycles. The molecule has 0 radical (unpaired) electrons. The van der Waals surface area contributed by atoms with Crippen molar-refractivity contribution >= 4 is 17.2 Å². The molecule has 2 aromatic rings. The summed E-state index contributed by atoms with van der Waals surface area (Å²) < 4.78 is 0. The molecule has 2 atom stereocenters. The van der Waals surface area contributed by atoms with Crippen molar-refractivity contribution in [2.24, 2.45) is 0 Å². The summed E-state index contributed by atoms with van der Waals surface area (Å²) in [6, 6.07) is 16.5. The van der Waals surface area contributed by atoms with Crippen molar-refractivity contribution in [3.05, 3.63) is 59.7 Å². The molecule has 208 valence electrons. The van der Waals surface area contributed by atoms with Crippen molar-refractivity contribution in [3.8, 4) is 0 Å². The topological polar surface area (TPSA) is 82.1 Å². The molecule has 2 aliphatic rings. The molecule has 2 heterocycles. The van der Waals surface area contributed by atoms with Gasteiger partial charge >= 0.3 is 0 Å². The molecular weight excluding hydrogens is 472 g/mol. The van der Waals surface area contributed by atoms with Crippen LogP contribution in [0.3, 0.4) is 0 Å². The summed E-state index contributed by atoms with van der Waals surface area (Å²) in [5.74, 6) is 1.45. The van der Waals surface area contributed by atoms with Crippen LogP contribution in [0.15, 0.2) is 48.5 Å². The molecule has 0 saturated carbocycles. The van der Waals surface area contributed by atoms with Crippen molar-refractivity contribution in [2.45, 2.75) is 49.6 Å². The summed E-state index contributed by atoms with van der Waals surface area (Å²) >= 11 is 0. The number of rotatable bonds is 10. The van der Waals surface area contributed by atoms with Gasteiger partial charge in [0, 0.05) is 24.5 Å². The normalized spacial score (nSPS) is 20.2. The maximum absolute atomic E-state index is 14.3. The third-order valence-corrected chi connectivity index (χ3v) is 8.49. The maximum atomic E-state index is 14.3. The monoisotopic (exact) mass is 520 g/mol. The fourth-order valence-corrected chi connectivity index (χ4v) is 6.31. The van der Waals surface area contributed by atoms with Crippen LogP contribution in [-0.2, 0) is 4.79 Å². The lowest BCUT2D eigenvalue weighted by Gasteiger charge is -2.43. The molecule has 0 spiro atoms. The summed E-state index contributed by atoms with van der Waals surface area (Å²) in [6.45, 7) is 5.33. The number of Topliss-reactive ketones (excluding diaryl/α,β-unsaturated/α-hetero) is 1. The highest BCUT2D eigenvalue weighted by atomic mass is 16.1. The fraction of sp³-hybridized carbons (Fsp3) is 0.581. The quantitative estimate of drug-likeness (QED) is 0.465. The number of ketones is 1. The molecule has 7 heteroatoms. The first kappa shape index (κ1) is 28.6. The summed E-state index contributed by atoms with van der Waals surface area (Å²) in [6.07, 6.45) is 4.30. The number of hydrogen-bond acceptors (Lipinski definition) is 7. The highest BCUT2D eigenvalue weighted by Crippen LogP contribution is 2.32. The largest absolute Gasteiger partial charge is 0.399 e. The summed E-state index contributed by atoms with van der Waals surface area (Å²) in [5.41, 5.74) is 16.2. The number of carbonyl (C=O) groups excluding carboxylic acids is 1. The Hall–Kier alpha value is -2.45. The minimum Gasteiger partial charge on any atom is -0.399 e. The lowest BCUT2D eigenvalue weighted by molar-refractivity contribution is -0.132. The van der Waals surface area contributed by atoms with E-state index in [9.17, 15) is 4.79 Å². The van der Waals surface area contributed by atoms with Gasteiger partial charge in [-0.25, -0.2) is 0 Å². The second-order valence-electron chi connectivity index (χ2n) is 11.9. The third-order valence-electron chi connectivity index (χ3n) is 8.49. The lowest BCUT2D eigenvalue weighted by Crippen LogP contribution is -2.59. The molecule has 0 amide bonds. The standard InChI is InChI=1S/C31H48N6O/c1-34(2)21-29(36-17-13-25(14-18-36)23-5-9-27(32)10-6-23)31(38)30(22-35(3)4)37-19-15-26(16-20-37)24-7-11-28(33)12-8-24/h5-12,25-26,29-30H,13-22,32-33H2,1-4H3. The van der Waals surface area contributed by atoms with Gasteiger partial charge in [0.1, 0.15) is 0 Å². The number of nitrogen functional groups attached to an aromatic ring is 2. The average Bonchev–Trinajstić information content (AvgIpc) is 2.91. The highest BCUT2D eigenvalue weighted by molar-refractivity contribution is 5.89. The Morgan fingerprint density at radius 1 is 0.684 bits per heavy atom. The van der Waals surface area contributed by atoms with Gasteiger partial charge in [-0.05, 0) is 127 Å². The van der Waals surface area contributed by atoms with E-state index in [2.05, 4.69) is 72.1 Å². The van der Waals surface area contributed by atoms with Gasteiger partial charge in [-0.15, -0.1) is 0 Å². The van der Waals surface area contributed by atoms with Crippen LogP contribution in [0.2, 0.25) is 0 Å². The molecule has 2 aromatic carbocycles. The van der Waals surface area contributed by atoms with Crippen molar-refractivity contribution in [1.82, 2.24) is 19.6 Å². The Morgan fingerprint density at radius 2 is 1.00 bits per heavy atom. The van der Waals surface area contributed by atoms with Gasteiger partial charge < -0.3 is 21.3 Å². The third kappa shape index (κ3) is 7.35. The SMILES string of the molecule is CN(C)CC(C(=O)C(CN(C)C)N1CCC(c2ccc(N)cc2)CC1)N1CCC(c2ccc(N)cc2)CC1. The number of piperidine rings is 2. The van der Waals surface area contributed by atoms with Crippen LogP contribution in [0.4, 0.5) is 11.4 Å². The van der Waals surface area contributed by atoms with Gasteiger partial charge in [0.15, 0.2) is 5.78 Å². The Balaban J connectivity index is 1.43. The number of likely N-dealkylation sites (tertiary alicyclic amines) is 2. The molecule has 2 fully saturated rings.